The lowest BCUT2D eigenvalue weighted by Crippen LogP contribution is -2.40. The van der Waals surface area contributed by atoms with Gasteiger partial charge in [0.25, 0.3) is 15.9 Å². The molecule has 2 aromatic carbocycles. The number of hydrogen-bond acceptors (Lipinski definition) is 5. The van der Waals surface area contributed by atoms with E-state index in [1.54, 1.807) is 42.5 Å². The van der Waals surface area contributed by atoms with Gasteiger partial charge in [-0.1, -0.05) is 24.3 Å². The molecule has 0 spiro atoms. The quantitative estimate of drug-likeness (QED) is 0.621. The number of anilines is 1. The van der Waals surface area contributed by atoms with Gasteiger partial charge in [0.2, 0.25) is 0 Å². The van der Waals surface area contributed by atoms with Gasteiger partial charge >= 0.3 is 0 Å². The second kappa shape index (κ2) is 10.7. The van der Waals surface area contributed by atoms with E-state index < -0.39 is 10.0 Å². The first-order chi connectivity index (χ1) is 15.9. The van der Waals surface area contributed by atoms with Crippen molar-refractivity contribution in [3.63, 3.8) is 0 Å². The number of carbonyl (C=O) groups excluding carboxylic acids is 1. The Morgan fingerprint density at radius 3 is 2.39 bits per heavy atom. The molecule has 7 nitrogen and oxygen atoms in total. The van der Waals surface area contributed by atoms with Gasteiger partial charge in [-0.3, -0.25) is 14.0 Å². The molecule has 2 aliphatic heterocycles. The van der Waals surface area contributed by atoms with Crippen molar-refractivity contribution in [2.45, 2.75) is 24.2 Å². The normalized spacial score (nSPS) is 18.3. The van der Waals surface area contributed by atoms with E-state index in [0.29, 0.717) is 30.3 Å². The third-order valence-electron chi connectivity index (χ3n) is 6.72. The summed E-state index contributed by atoms with van der Waals surface area (Å²) in [6, 6.07) is 15.3. The molecule has 0 atom stereocenters. The maximum atomic E-state index is 13.1. The van der Waals surface area contributed by atoms with E-state index in [9.17, 15) is 13.2 Å². The first-order valence-corrected chi connectivity index (χ1v) is 13.1. The van der Waals surface area contributed by atoms with Gasteiger partial charge in [0.1, 0.15) is 0 Å². The molecule has 0 bridgehead atoms. The summed E-state index contributed by atoms with van der Waals surface area (Å²) in [6.45, 7) is 6.19. The number of rotatable bonds is 7. The van der Waals surface area contributed by atoms with Crippen LogP contribution in [0, 0.1) is 5.92 Å². The van der Waals surface area contributed by atoms with Crippen LogP contribution in [0.25, 0.3) is 0 Å². The summed E-state index contributed by atoms with van der Waals surface area (Å²) >= 11 is 0. The molecule has 0 saturated carbocycles. The summed E-state index contributed by atoms with van der Waals surface area (Å²) < 4.78 is 32.9. The first kappa shape index (κ1) is 23.7. The molecule has 0 radical (unpaired) electrons. The van der Waals surface area contributed by atoms with Crippen molar-refractivity contribution < 1.29 is 17.9 Å². The van der Waals surface area contributed by atoms with Crippen molar-refractivity contribution >= 4 is 21.6 Å². The second-order valence-electron chi connectivity index (χ2n) is 8.81. The summed E-state index contributed by atoms with van der Waals surface area (Å²) in [7, 11) is -2.23. The SMILES string of the molecule is CN(c1ccccc1)S(=O)(=O)c1cccc(C(=O)N2CCC(CCN3CCOCC3)CC2)c1. The van der Waals surface area contributed by atoms with Crippen molar-refractivity contribution in [3.05, 3.63) is 60.2 Å². The van der Waals surface area contributed by atoms with Gasteiger partial charge in [-0.15, -0.1) is 0 Å². The zero-order valence-corrected chi connectivity index (χ0v) is 20.0. The van der Waals surface area contributed by atoms with Crippen molar-refractivity contribution in [2.24, 2.45) is 5.92 Å². The number of carbonyl (C=O) groups is 1. The number of benzene rings is 2. The molecular formula is C25H33N3O4S. The highest BCUT2D eigenvalue weighted by Gasteiger charge is 2.26. The highest BCUT2D eigenvalue weighted by atomic mass is 32.2. The maximum Gasteiger partial charge on any atom is 0.264 e. The lowest BCUT2D eigenvalue weighted by atomic mass is 9.93. The fourth-order valence-corrected chi connectivity index (χ4v) is 5.76. The maximum absolute atomic E-state index is 13.1. The number of likely N-dealkylation sites (tertiary alicyclic amines) is 1. The minimum Gasteiger partial charge on any atom is -0.379 e. The van der Waals surface area contributed by atoms with E-state index in [1.807, 2.05) is 11.0 Å². The number of para-hydroxylation sites is 1. The molecule has 4 rings (SSSR count). The van der Waals surface area contributed by atoms with Gasteiger partial charge in [-0.25, -0.2) is 8.42 Å². The molecule has 2 heterocycles. The third-order valence-corrected chi connectivity index (χ3v) is 8.50. The van der Waals surface area contributed by atoms with E-state index in [1.165, 1.54) is 17.4 Å². The van der Waals surface area contributed by atoms with Crippen LogP contribution in [0.15, 0.2) is 59.5 Å². The Balaban J connectivity index is 1.36. The van der Waals surface area contributed by atoms with Gasteiger partial charge in [0.05, 0.1) is 23.8 Å². The standard InChI is InChI=1S/C25H33N3O4S/c1-26(23-7-3-2-4-8-23)33(30,31)24-9-5-6-22(20-24)25(29)28-14-11-21(12-15-28)10-13-27-16-18-32-19-17-27/h2-9,20-21H,10-19H2,1H3. The number of nitrogens with zero attached hydrogens (tertiary/aromatic N) is 3. The molecule has 2 fully saturated rings. The highest BCUT2D eigenvalue weighted by molar-refractivity contribution is 7.92. The van der Waals surface area contributed by atoms with Crippen LogP contribution < -0.4 is 4.31 Å². The predicted molar refractivity (Wildman–Crippen MR) is 129 cm³/mol. The molecule has 2 saturated heterocycles. The van der Waals surface area contributed by atoms with Gasteiger partial charge in [0, 0.05) is 38.8 Å². The molecule has 33 heavy (non-hydrogen) atoms. The Morgan fingerprint density at radius 2 is 1.70 bits per heavy atom. The monoisotopic (exact) mass is 471 g/mol. The van der Waals surface area contributed by atoms with Gasteiger partial charge in [0.15, 0.2) is 0 Å². The van der Waals surface area contributed by atoms with Crippen LogP contribution in [0.4, 0.5) is 5.69 Å². The molecule has 2 aromatic rings. The van der Waals surface area contributed by atoms with Gasteiger partial charge < -0.3 is 9.64 Å². The number of piperidine rings is 1. The number of sulfonamides is 1. The van der Waals surface area contributed by atoms with Crippen molar-refractivity contribution in [2.75, 3.05) is 57.3 Å². The Kier molecular flexibility index (Phi) is 7.67. The Hall–Kier alpha value is -2.42. The molecule has 178 valence electrons. The molecule has 0 unspecified atom stereocenters. The zero-order valence-electron chi connectivity index (χ0n) is 19.2. The van der Waals surface area contributed by atoms with Crippen LogP contribution in [0.1, 0.15) is 29.6 Å². The molecule has 2 aliphatic rings. The average molecular weight is 472 g/mol. The number of amides is 1. The molecule has 8 heteroatoms. The van der Waals surface area contributed by atoms with E-state index in [-0.39, 0.29) is 10.8 Å². The minimum absolute atomic E-state index is 0.0963. The number of hydrogen-bond donors (Lipinski definition) is 0. The van der Waals surface area contributed by atoms with Gasteiger partial charge in [-0.2, -0.15) is 0 Å². The Bertz CT molecular complexity index is 1030. The summed E-state index contributed by atoms with van der Waals surface area (Å²) in [6.07, 6.45) is 3.14. The fraction of sp³-hybridized carbons (Fsp3) is 0.480. The summed E-state index contributed by atoms with van der Waals surface area (Å²) in [5, 5.41) is 0. The van der Waals surface area contributed by atoms with Crippen LogP contribution in [-0.4, -0.2) is 77.1 Å². The minimum atomic E-state index is -3.76. The Morgan fingerprint density at radius 1 is 1.00 bits per heavy atom. The van der Waals surface area contributed by atoms with E-state index >= 15 is 0 Å². The predicted octanol–water partition coefficient (Wildman–Crippen LogP) is 3.09. The number of morpholine rings is 1. The van der Waals surface area contributed by atoms with E-state index in [4.69, 9.17) is 4.74 Å². The van der Waals surface area contributed by atoms with Crippen LogP contribution >= 0.6 is 0 Å². The van der Waals surface area contributed by atoms with Crippen LogP contribution in [0.2, 0.25) is 0 Å². The summed E-state index contributed by atoms with van der Waals surface area (Å²) in [5.41, 5.74) is 0.998. The van der Waals surface area contributed by atoms with Crippen molar-refractivity contribution in [3.8, 4) is 0 Å². The molecular weight excluding hydrogens is 438 g/mol. The van der Waals surface area contributed by atoms with Crippen LogP contribution in [0.5, 0.6) is 0 Å². The summed E-state index contributed by atoms with van der Waals surface area (Å²) in [4.78, 5) is 17.6. The third kappa shape index (κ3) is 5.75. The van der Waals surface area contributed by atoms with Crippen LogP contribution in [-0.2, 0) is 14.8 Å². The Labute approximate surface area is 197 Å². The molecule has 0 aliphatic carbocycles. The van der Waals surface area contributed by atoms with E-state index in [2.05, 4.69) is 4.90 Å². The largest absolute Gasteiger partial charge is 0.379 e. The molecule has 0 aromatic heterocycles. The van der Waals surface area contributed by atoms with Crippen molar-refractivity contribution in [1.29, 1.82) is 0 Å². The van der Waals surface area contributed by atoms with Crippen molar-refractivity contribution in [1.82, 2.24) is 9.80 Å². The molecule has 1 amide bonds. The fourth-order valence-electron chi connectivity index (χ4n) is 4.52. The summed E-state index contributed by atoms with van der Waals surface area (Å²) in [5.74, 6) is 0.532. The second-order valence-corrected chi connectivity index (χ2v) is 10.8. The zero-order chi connectivity index (χ0) is 23.3. The lowest BCUT2D eigenvalue weighted by molar-refractivity contribution is 0.0332. The first-order valence-electron chi connectivity index (χ1n) is 11.7. The lowest BCUT2D eigenvalue weighted by Gasteiger charge is -2.34. The average Bonchev–Trinajstić information content (AvgIpc) is 2.88. The highest BCUT2D eigenvalue weighted by Crippen LogP contribution is 2.25. The van der Waals surface area contributed by atoms with E-state index in [0.717, 1.165) is 52.1 Å². The van der Waals surface area contributed by atoms with Gasteiger partial charge in [-0.05, 0) is 62.1 Å². The number of ether oxygens (including phenoxy) is 1. The smallest absolute Gasteiger partial charge is 0.264 e. The topological polar surface area (TPSA) is 70.2 Å². The van der Waals surface area contributed by atoms with Crippen LogP contribution in [0.3, 0.4) is 0 Å². The molecule has 0 N–H and O–H groups in total.